The van der Waals surface area contributed by atoms with Crippen molar-refractivity contribution in [2.75, 3.05) is 25.1 Å². The highest BCUT2D eigenvalue weighted by atomic mass is 19.4. The Kier molecular flexibility index (Phi) is 5.17. The number of nitrogens with zero attached hydrogens (tertiary/aromatic N) is 1. The van der Waals surface area contributed by atoms with E-state index in [1.54, 1.807) is 0 Å². The number of nitrogens with two attached hydrogens (primary N) is 1. The summed E-state index contributed by atoms with van der Waals surface area (Å²) < 4.78 is 42.4. The number of anilines is 1. The monoisotopic (exact) mass is 276 g/mol. The molecular formula is C12H15F3N2O2. The molecule has 0 aromatic heterocycles. The average molecular weight is 276 g/mol. The molecule has 0 radical (unpaired) electrons. The fourth-order valence-electron chi connectivity index (χ4n) is 1.51. The van der Waals surface area contributed by atoms with Gasteiger partial charge in [0, 0.05) is 12.2 Å². The van der Waals surface area contributed by atoms with Crippen molar-refractivity contribution in [2.45, 2.75) is 12.6 Å². The Morgan fingerprint density at radius 2 is 1.89 bits per heavy atom. The third-order valence-electron chi connectivity index (χ3n) is 2.46. The van der Waals surface area contributed by atoms with Gasteiger partial charge in [-0.15, -0.1) is 0 Å². The summed E-state index contributed by atoms with van der Waals surface area (Å²) in [6.07, 6.45) is -4.62. The van der Waals surface area contributed by atoms with Gasteiger partial charge in [0.15, 0.2) is 0 Å². The molecule has 4 nitrogen and oxygen atoms in total. The van der Waals surface area contributed by atoms with Crippen LogP contribution in [0.5, 0.6) is 5.75 Å². The van der Waals surface area contributed by atoms with Gasteiger partial charge in [-0.3, -0.25) is 4.79 Å². The standard InChI is InChI=1S/C12H15F3N2O2/c1-19-10-5-3-9(4-6-10)17(8-2-7-16)11(18)12(13,14)15/h3-6H,2,7-8,16H2,1H3. The molecule has 0 atom stereocenters. The molecule has 0 heterocycles. The Hall–Kier alpha value is -1.76. The molecular weight excluding hydrogens is 261 g/mol. The lowest BCUT2D eigenvalue weighted by atomic mass is 10.2. The molecule has 0 spiro atoms. The van der Waals surface area contributed by atoms with Crippen LogP contribution in [-0.2, 0) is 4.79 Å². The van der Waals surface area contributed by atoms with Crippen LogP contribution in [0.4, 0.5) is 18.9 Å². The van der Waals surface area contributed by atoms with Gasteiger partial charge in [-0.25, -0.2) is 0 Å². The number of hydrogen-bond acceptors (Lipinski definition) is 3. The maximum atomic E-state index is 12.5. The number of halogens is 3. The van der Waals surface area contributed by atoms with Crippen LogP contribution in [0, 0.1) is 0 Å². The van der Waals surface area contributed by atoms with E-state index < -0.39 is 12.1 Å². The zero-order valence-electron chi connectivity index (χ0n) is 10.4. The lowest BCUT2D eigenvalue weighted by molar-refractivity contribution is -0.170. The molecule has 0 aliphatic rings. The number of hydrogen-bond donors (Lipinski definition) is 1. The lowest BCUT2D eigenvalue weighted by Gasteiger charge is -2.23. The van der Waals surface area contributed by atoms with Crippen LogP contribution in [-0.4, -0.2) is 32.3 Å². The first-order valence-electron chi connectivity index (χ1n) is 5.63. The van der Waals surface area contributed by atoms with Gasteiger partial charge in [-0.1, -0.05) is 0 Å². The van der Waals surface area contributed by atoms with Crippen LogP contribution < -0.4 is 15.4 Å². The SMILES string of the molecule is COc1ccc(N(CCCN)C(=O)C(F)(F)F)cc1. The molecule has 0 bridgehead atoms. The minimum Gasteiger partial charge on any atom is -0.497 e. The highest BCUT2D eigenvalue weighted by molar-refractivity contribution is 5.97. The smallest absolute Gasteiger partial charge is 0.471 e. The first kappa shape index (κ1) is 15.3. The lowest BCUT2D eigenvalue weighted by Crippen LogP contribution is -2.42. The molecule has 2 N–H and O–H groups in total. The molecule has 0 fully saturated rings. The van der Waals surface area contributed by atoms with E-state index in [0.717, 1.165) is 0 Å². The minimum absolute atomic E-state index is 0.0822. The summed E-state index contributed by atoms with van der Waals surface area (Å²) in [5, 5.41) is 0. The summed E-state index contributed by atoms with van der Waals surface area (Å²) in [4.78, 5) is 12.0. The second-order valence-corrected chi connectivity index (χ2v) is 3.79. The molecule has 0 unspecified atom stereocenters. The molecule has 0 saturated heterocycles. The normalized spacial score (nSPS) is 11.2. The zero-order chi connectivity index (χ0) is 14.5. The number of ether oxygens (including phenoxy) is 1. The van der Waals surface area contributed by atoms with Gasteiger partial charge in [-0.2, -0.15) is 13.2 Å². The zero-order valence-corrected chi connectivity index (χ0v) is 10.4. The Morgan fingerprint density at radius 3 is 2.32 bits per heavy atom. The van der Waals surface area contributed by atoms with Crippen LogP contribution in [0.3, 0.4) is 0 Å². The average Bonchev–Trinajstić information content (AvgIpc) is 2.38. The van der Waals surface area contributed by atoms with E-state index >= 15 is 0 Å². The van der Waals surface area contributed by atoms with Crippen LogP contribution in [0.2, 0.25) is 0 Å². The van der Waals surface area contributed by atoms with Crippen molar-refractivity contribution < 1.29 is 22.7 Å². The van der Waals surface area contributed by atoms with Crippen molar-refractivity contribution in [3.05, 3.63) is 24.3 Å². The summed E-state index contributed by atoms with van der Waals surface area (Å²) in [6.45, 7) is 0.124. The van der Waals surface area contributed by atoms with Crippen molar-refractivity contribution in [2.24, 2.45) is 5.73 Å². The van der Waals surface area contributed by atoms with Gasteiger partial charge < -0.3 is 15.4 Å². The summed E-state index contributed by atoms with van der Waals surface area (Å²) >= 11 is 0. The maximum Gasteiger partial charge on any atom is 0.471 e. The van der Waals surface area contributed by atoms with E-state index in [0.29, 0.717) is 10.6 Å². The number of amides is 1. The number of carbonyl (C=O) groups is 1. The summed E-state index contributed by atoms with van der Waals surface area (Å²) in [5.41, 5.74) is 5.43. The number of rotatable bonds is 5. The number of alkyl halides is 3. The number of carbonyl (C=O) groups excluding carboxylic acids is 1. The Balaban J connectivity index is 2.98. The van der Waals surface area contributed by atoms with E-state index in [1.165, 1.54) is 31.4 Å². The molecule has 7 heteroatoms. The van der Waals surface area contributed by atoms with Crippen molar-refractivity contribution in [3.8, 4) is 5.75 Å². The Bertz CT molecular complexity index is 418. The van der Waals surface area contributed by atoms with Gasteiger partial charge in [0.2, 0.25) is 0 Å². The molecule has 106 valence electrons. The number of methoxy groups -OCH3 is 1. The highest BCUT2D eigenvalue weighted by Gasteiger charge is 2.42. The van der Waals surface area contributed by atoms with E-state index in [-0.39, 0.29) is 25.2 Å². The summed E-state index contributed by atoms with van der Waals surface area (Å²) in [6, 6.07) is 5.79. The Labute approximate surface area is 108 Å². The second kappa shape index (κ2) is 6.42. The first-order valence-corrected chi connectivity index (χ1v) is 5.63. The van der Waals surface area contributed by atoms with E-state index in [9.17, 15) is 18.0 Å². The van der Waals surface area contributed by atoms with E-state index in [2.05, 4.69) is 0 Å². The van der Waals surface area contributed by atoms with Gasteiger partial charge >= 0.3 is 12.1 Å². The molecule has 1 rings (SSSR count). The minimum atomic E-state index is -4.91. The largest absolute Gasteiger partial charge is 0.497 e. The topological polar surface area (TPSA) is 55.6 Å². The van der Waals surface area contributed by atoms with E-state index in [1.807, 2.05) is 0 Å². The van der Waals surface area contributed by atoms with Gasteiger partial charge in [0.25, 0.3) is 0 Å². The molecule has 0 saturated carbocycles. The molecule has 0 aliphatic heterocycles. The highest BCUT2D eigenvalue weighted by Crippen LogP contribution is 2.25. The van der Waals surface area contributed by atoms with Gasteiger partial charge in [0.05, 0.1) is 7.11 Å². The van der Waals surface area contributed by atoms with Crippen LogP contribution >= 0.6 is 0 Å². The third-order valence-corrected chi connectivity index (χ3v) is 2.46. The van der Waals surface area contributed by atoms with Crippen LogP contribution in [0.25, 0.3) is 0 Å². The Morgan fingerprint density at radius 1 is 1.32 bits per heavy atom. The van der Waals surface area contributed by atoms with Crippen LogP contribution in [0.15, 0.2) is 24.3 Å². The van der Waals surface area contributed by atoms with Gasteiger partial charge in [-0.05, 0) is 37.2 Å². The molecule has 1 aromatic rings. The predicted molar refractivity (Wildman–Crippen MR) is 65.1 cm³/mol. The van der Waals surface area contributed by atoms with E-state index in [4.69, 9.17) is 10.5 Å². The fraction of sp³-hybridized carbons (Fsp3) is 0.417. The number of benzene rings is 1. The van der Waals surface area contributed by atoms with Gasteiger partial charge in [0.1, 0.15) is 5.75 Å². The second-order valence-electron chi connectivity index (χ2n) is 3.79. The summed E-state index contributed by atoms with van der Waals surface area (Å²) in [7, 11) is 1.45. The first-order chi connectivity index (χ1) is 8.90. The van der Waals surface area contributed by atoms with Crippen molar-refractivity contribution in [3.63, 3.8) is 0 Å². The molecule has 1 amide bonds. The van der Waals surface area contributed by atoms with Crippen molar-refractivity contribution >= 4 is 11.6 Å². The maximum absolute atomic E-state index is 12.5. The fourth-order valence-corrected chi connectivity index (χ4v) is 1.51. The van der Waals surface area contributed by atoms with Crippen molar-refractivity contribution in [1.29, 1.82) is 0 Å². The molecule has 0 aliphatic carbocycles. The quantitative estimate of drug-likeness (QED) is 0.894. The van der Waals surface area contributed by atoms with Crippen molar-refractivity contribution in [1.82, 2.24) is 0 Å². The molecule has 1 aromatic carbocycles. The predicted octanol–water partition coefficient (Wildman–Crippen LogP) is 1.94. The summed E-state index contributed by atoms with van der Waals surface area (Å²) in [5.74, 6) is -1.40. The van der Waals surface area contributed by atoms with Crippen LogP contribution in [0.1, 0.15) is 6.42 Å². The third kappa shape index (κ3) is 4.13. The molecule has 19 heavy (non-hydrogen) atoms.